The molecule has 0 saturated carbocycles. The molecule has 4 rings (SSSR count). The summed E-state index contributed by atoms with van der Waals surface area (Å²) in [6.45, 7) is 3.11. The Bertz CT molecular complexity index is 996. The van der Waals surface area contributed by atoms with Crippen LogP contribution < -0.4 is 10.2 Å². The van der Waals surface area contributed by atoms with E-state index in [9.17, 15) is 19.7 Å². The number of carbonyl (C=O) groups excluding carboxylic acids is 2. The van der Waals surface area contributed by atoms with Crippen LogP contribution in [0.25, 0.3) is 0 Å². The fourth-order valence-corrected chi connectivity index (χ4v) is 5.42. The molecule has 1 aliphatic heterocycles. The summed E-state index contributed by atoms with van der Waals surface area (Å²) in [7, 11) is 1.36. The third kappa shape index (κ3) is 4.54. The molecule has 0 unspecified atom stereocenters. The number of carbonyl (C=O) groups is 2. The molecule has 0 bridgehead atoms. The van der Waals surface area contributed by atoms with Gasteiger partial charge < -0.3 is 15.0 Å². The Balaban J connectivity index is 1.33. The van der Waals surface area contributed by atoms with Gasteiger partial charge in [0.25, 0.3) is 5.69 Å². The highest BCUT2D eigenvalue weighted by Crippen LogP contribution is 2.39. The van der Waals surface area contributed by atoms with Crippen LogP contribution in [0.15, 0.2) is 24.3 Å². The van der Waals surface area contributed by atoms with Gasteiger partial charge in [-0.3, -0.25) is 19.8 Å². The second kappa shape index (κ2) is 9.03. The van der Waals surface area contributed by atoms with E-state index < -0.39 is 10.9 Å². The molecule has 1 aromatic heterocycles. The average molecular weight is 445 g/mol. The maximum absolute atomic E-state index is 12.6. The number of benzene rings is 1. The number of fused-ring (bicyclic) bond motifs is 1. The molecule has 1 amide bonds. The van der Waals surface area contributed by atoms with Crippen LogP contribution in [0.4, 0.5) is 16.4 Å². The summed E-state index contributed by atoms with van der Waals surface area (Å²) in [4.78, 5) is 40.7. The lowest BCUT2D eigenvalue weighted by atomic mass is 10.1. The highest BCUT2D eigenvalue weighted by molar-refractivity contribution is 7.17. The number of anilines is 2. The summed E-state index contributed by atoms with van der Waals surface area (Å²) in [6, 6.07) is 6.52. The first-order valence-corrected chi connectivity index (χ1v) is 11.0. The Morgan fingerprint density at radius 1 is 1.16 bits per heavy atom. The molecule has 1 aliphatic carbocycles. The predicted molar refractivity (Wildman–Crippen MR) is 118 cm³/mol. The van der Waals surface area contributed by atoms with Gasteiger partial charge in [0.05, 0.1) is 24.1 Å². The number of rotatable bonds is 6. The Hall–Kier alpha value is -2.98. The third-order valence-corrected chi connectivity index (χ3v) is 6.94. The highest BCUT2D eigenvalue weighted by atomic mass is 32.1. The maximum atomic E-state index is 12.6. The standard InChI is InChI=1S/C21H24N4O5S/c1-30-21(27)19-16-3-2-4-17(16)31-20(19)22-18(26)13-23-9-11-24(12-10-23)14-5-7-15(8-6-14)25(28)29/h5-8H,2-4,9-13H2,1H3,(H,22,26). The fourth-order valence-electron chi connectivity index (χ4n) is 4.13. The summed E-state index contributed by atoms with van der Waals surface area (Å²) in [5.41, 5.74) is 2.54. The molecule has 1 N–H and O–H groups in total. The van der Waals surface area contributed by atoms with Crippen molar-refractivity contribution in [2.75, 3.05) is 50.1 Å². The van der Waals surface area contributed by atoms with Gasteiger partial charge in [0.2, 0.25) is 5.91 Å². The van der Waals surface area contributed by atoms with Crippen LogP contribution in [0.5, 0.6) is 0 Å². The topological polar surface area (TPSA) is 105 Å². The lowest BCUT2D eigenvalue weighted by molar-refractivity contribution is -0.384. The highest BCUT2D eigenvalue weighted by Gasteiger charge is 2.28. The molecule has 164 valence electrons. The lowest BCUT2D eigenvalue weighted by Crippen LogP contribution is -2.48. The van der Waals surface area contributed by atoms with E-state index in [2.05, 4.69) is 15.1 Å². The number of hydrogen-bond acceptors (Lipinski definition) is 8. The molecule has 2 aromatic rings. The van der Waals surface area contributed by atoms with Gasteiger partial charge in [0, 0.05) is 48.9 Å². The van der Waals surface area contributed by atoms with Crippen LogP contribution in [-0.2, 0) is 22.4 Å². The summed E-state index contributed by atoms with van der Waals surface area (Å²) >= 11 is 1.48. The Morgan fingerprint density at radius 3 is 2.52 bits per heavy atom. The molecular weight excluding hydrogens is 420 g/mol. The first kappa shape index (κ1) is 21.3. The van der Waals surface area contributed by atoms with Crippen LogP contribution in [0.3, 0.4) is 0 Å². The number of amides is 1. The molecule has 10 heteroatoms. The maximum Gasteiger partial charge on any atom is 0.341 e. The van der Waals surface area contributed by atoms with E-state index in [1.807, 2.05) is 0 Å². The van der Waals surface area contributed by atoms with Crippen LogP contribution in [-0.4, -0.2) is 61.5 Å². The Morgan fingerprint density at radius 2 is 1.87 bits per heavy atom. The number of nitro benzene ring substituents is 1. The zero-order valence-corrected chi connectivity index (χ0v) is 18.1. The minimum Gasteiger partial charge on any atom is -0.465 e. The molecule has 0 atom stereocenters. The second-order valence-electron chi connectivity index (χ2n) is 7.64. The smallest absolute Gasteiger partial charge is 0.341 e. The predicted octanol–water partition coefficient (Wildman–Crippen LogP) is 2.69. The minimum absolute atomic E-state index is 0.0740. The van der Waals surface area contributed by atoms with Crippen molar-refractivity contribution in [3.63, 3.8) is 0 Å². The van der Waals surface area contributed by atoms with Crippen molar-refractivity contribution in [1.29, 1.82) is 0 Å². The number of aryl methyl sites for hydroxylation is 1. The first-order chi connectivity index (χ1) is 15.0. The van der Waals surface area contributed by atoms with Crippen molar-refractivity contribution < 1.29 is 19.2 Å². The van der Waals surface area contributed by atoms with Crippen LogP contribution >= 0.6 is 11.3 Å². The van der Waals surface area contributed by atoms with Crippen LogP contribution in [0.2, 0.25) is 0 Å². The van der Waals surface area contributed by atoms with Gasteiger partial charge in [0.1, 0.15) is 5.00 Å². The van der Waals surface area contributed by atoms with Crippen LogP contribution in [0.1, 0.15) is 27.2 Å². The molecule has 0 radical (unpaired) electrons. The molecule has 0 spiro atoms. The van der Waals surface area contributed by atoms with Crippen molar-refractivity contribution in [3.05, 3.63) is 50.4 Å². The van der Waals surface area contributed by atoms with E-state index in [1.165, 1.54) is 30.6 Å². The Kier molecular flexibility index (Phi) is 6.19. The third-order valence-electron chi connectivity index (χ3n) is 5.73. The molecule has 9 nitrogen and oxygen atoms in total. The average Bonchev–Trinajstić information content (AvgIpc) is 3.34. The van der Waals surface area contributed by atoms with E-state index >= 15 is 0 Å². The molecular formula is C21H24N4O5S. The summed E-state index contributed by atoms with van der Waals surface area (Å²) < 4.78 is 4.93. The largest absolute Gasteiger partial charge is 0.465 e. The van der Waals surface area contributed by atoms with Crippen LogP contribution in [0, 0.1) is 10.1 Å². The van der Waals surface area contributed by atoms with Gasteiger partial charge in [0.15, 0.2) is 0 Å². The zero-order valence-electron chi connectivity index (χ0n) is 17.3. The number of ether oxygens (including phenoxy) is 1. The number of hydrogen-bond donors (Lipinski definition) is 1. The number of nitrogens with zero attached hydrogens (tertiary/aromatic N) is 3. The van der Waals surface area contributed by atoms with E-state index in [4.69, 9.17) is 4.74 Å². The molecule has 2 heterocycles. The summed E-state index contributed by atoms with van der Waals surface area (Å²) in [5.74, 6) is -0.541. The van der Waals surface area contributed by atoms with E-state index in [0.717, 1.165) is 48.5 Å². The molecule has 1 saturated heterocycles. The summed E-state index contributed by atoms with van der Waals surface area (Å²) in [6.07, 6.45) is 2.81. The number of piperazine rings is 1. The van der Waals surface area contributed by atoms with Crippen molar-refractivity contribution >= 4 is 39.6 Å². The fraction of sp³-hybridized carbons (Fsp3) is 0.429. The summed E-state index contributed by atoms with van der Waals surface area (Å²) in [5, 5.41) is 14.3. The van der Waals surface area contributed by atoms with Crippen molar-refractivity contribution in [2.45, 2.75) is 19.3 Å². The molecule has 2 aliphatic rings. The first-order valence-electron chi connectivity index (χ1n) is 10.2. The van der Waals surface area contributed by atoms with Crippen molar-refractivity contribution in [2.24, 2.45) is 0 Å². The number of methoxy groups -OCH3 is 1. The van der Waals surface area contributed by atoms with Gasteiger partial charge in [-0.25, -0.2) is 4.79 Å². The van der Waals surface area contributed by atoms with Gasteiger partial charge in [-0.05, 0) is 37.0 Å². The lowest BCUT2D eigenvalue weighted by Gasteiger charge is -2.35. The number of nitro groups is 1. The van der Waals surface area contributed by atoms with Gasteiger partial charge in [-0.1, -0.05) is 0 Å². The molecule has 1 fully saturated rings. The van der Waals surface area contributed by atoms with Gasteiger partial charge in [-0.2, -0.15) is 0 Å². The zero-order chi connectivity index (χ0) is 22.0. The number of nitrogens with one attached hydrogen (secondary N) is 1. The van der Waals surface area contributed by atoms with E-state index in [-0.39, 0.29) is 18.1 Å². The number of esters is 1. The quantitative estimate of drug-likeness (QED) is 0.415. The van der Waals surface area contributed by atoms with Gasteiger partial charge >= 0.3 is 5.97 Å². The number of non-ortho nitro benzene ring substituents is 1. The SMILES string of the molecule is COC(=O)c1c(NC(=O)CN2CCN(c3ccc([N+](=O)[O-])cc3)CC2)sc2c1CCC2. The number of thiophene rings is 1. The van der Waals surface area contributed by atoms with Crippen molar-refractivity contribution in [1.82, 2.24) is 4.90 Å². The van der Waals surface area contributed by atoms with E-state index in [0.29, 0.717) is 23.7 Å². The van der Waals surface area contributed by atoms with Crippen molar-refractivity contribution in [3.8, 4) is 0 Å². The molecule has 1 aromatic carbocycles. The normalized spacial score (nSPS) is 16.1. The minimum atomic E-state index is -0.409. The van der Waals surface area contributed by atoms with Gasteiger partial charge in [-0.15, -0.1) is 11.3 Å². The Labute approximate surface area is 183 Å². The van der Waals surface area contributed by atoms with E-state index in [1.54, 1.807) is 12.1 Å². The molecule has 31 heavy (non-hydrogen) atoms. The second-order valence-corrected chi connectivity index (χ2v) is 8.74. The monoisotopic (exact) mass is 444 g/mol.